The highest BCUT2D eigenvalue weighted by atomic mass is 127. The Labute approximate surface area is 117 Å². The minimum atomic E-state index is -0.557. The fraction of sp³-hybridized carbons (Fsp3) is 0.500. The van der Waals surface area contributed by atoms with Crippen molar-refractivity contribution in [1.82, 2.24) is 19.5 Å². The van der Waals surface area contributed by atoms with Crippen LogP contribution in [-0.4, -0.2) is 41.3 Å². The Morgan fingerprint density at radius 3 is 3.06 bits per heavy atom. The van der Waals surface area contributed by atoms with Crippen molar-refractivity contribution >= 4 is 39.6 Å². The van der Waals surface area contributed by atoms with Gasteiger partial charge >= 0.3 is 0 Å². The van der Waals surface area contributed by atoms with Crippen LogP contribution < -0.4 is 5.73 Å². The third kappa shape index (κ3) is 1.84. The summed E-state index contributed by atoms with van der Waals surface area (Å²) < 4.78 is 8.33. The van der Waals surface area contributed by atoms with Gasteiger partial charge in [0.05, 0.1) is 12.4 Å². The topological polar surface area (TPSA) is 99.1 Å². The van der Waals surface area contributed by atoms with Crippen LogP contribution in [0.1, 0.15) is 12.6 Å². The number of alkyl halides is 1. The van der Waals surface area contributed by atoms with Crippen molar-refractivity contribution < 1.29 is 9.84 Å². The lowest BCUT2D eigenvalue weighted by Crippen LogP contribution is -2.19. The molecule has 2 aromatic rings. The molecule has 0 bridgehead atoms. The van der Waals surface area contributed by atoms with E-state index < -0.39 is 12.3 Å². The summed E-state index contributed by atoms with van der Waals surface area (Å²) in [6.07, 6.45) is 2.63. The summed E-state index contributed by atoms with van der Waals surface area (Å²) in [6, 6.07) is 0. The predicted molar refractivity (Wildman–Crippen MR) is 73.2 cm³/mol. The van der Waals surface area contributed by atoms with Crippen molar-refractivity contribution in [3.63, 3.8) is 0 Å². The number of anilines is 1. The van der Waals surface area contributed by atoms with E-state index in [1.165, 1.54) is 6.33 Å². The highest BCUT2D eigenvalue weighted by Crippen LogP contribution is 2.32. The summed E-state index contributed by atoms with van der Waals surface area (Å²) in [6.45, 7) is 0. The van der Waals surface area contributed by atoms with Gasteiger partial charge in [-0.1, -0.05) is 22.6 Å². The number of fused-ring (bicyclic) bond motifs is 1. The smallest absolute Gasteiger partial charge is 0.167 e. The van der Waals surface area contributed by atoms with Gasteiger partial charge in [-0.3, -0.25) is 4.57 Å². The van der Waals surface area contributed by atoms with E-state index >= 15 is 0 Å². The molecule has 0 radical (unpaired) electrons. The molecule has 0 unspecified atom stereocenters. The number of ether oxygens (including phenoxy) is 1. The zero-order chi connectivity index (χ0) is 12.7. The van der Waals surface area contributed by atoms with Gasteiger partial charge in [0, 0.05) is 10.8 Å². The predicted octanol–water partition coefficient (Wildman–Crippen LogP) is 0.492. The zero-order valence-corrected chi connectivity index (χ0v) is 11.6. The Kier molecular flexibility index (Phi) is 3.08. The Bertz CT molecular complexity index is 574. The number of nitrogens with two attached hydrogens (primary N) is 1. The van der Waals surface area contributed by atoms with Crippen molar-refractivity contribution in [3.8, 4) is 0 Å². The Balaban J connectivity index is 2.02. The van der Waals surface area contributed by atoms with Crippen LogP contribution in [0.3, 0.4) is 0 Å². The first kappa shape index (κ1) is 12.1. The first-order valence-corrected chi connectivity index (χ1v) is 7.05. The van der Waals surface area contributed by atoms with Crippen LogP contribution in [0.15, 0.2) is 12.7 Å². The monoisotopic (exact) mass is 361 g/mol. The fourth-order valence-corrected chi connectivity index (χ4v) is 2.70. The fourth-order valence-electron chi connectivity index (χ4n) is 2.14. The summed E-state index contributed by atoms with van der Waals surface area (Å²) in [5, 5.41) is 10.0. The normalized spacial score (nSPS) is 28.0. The van der Waals surface area contributed by atoms with Gasteiger partial charge in [0.25, 0.3) is 0 Å². The average Bonchev–Trinajstić information content (AvgIpc) is 2.93. The highest BCUT2D eigenvalue weighted by Gasteiger charge is 2.35. The first-order valence-electron chi connectivity index (χ1n) is 5.53. The summed E-state index contributed by atoms with van der Waals surface area (Å²) >= 11 is 2.24. The molecule has 8 heteroatoms. The average molecular weight is 361 g/mol. The molecule has 3 heterocycles. The first-order chi connectivity index (χ1) is 8.70. The number of halogens is 1. The lowest BCUT2D eigenvalue weighted by atomic mass is 10.2. The second kappa shape index (κ2) is 4.59. The van der Waals surface area contributed by atoms with Gasteiger partial charge in [0.2, 0.25) is 0 Å². The van der Waals surface area contributed by atoms with Crippen LogP contribution >= 0.6 is 22.6 Å². The van der Waals surface area contributed by atoms with Crippen LogP contribution in [0.2, 0.25) is 0 Å². The molecule has 0 aromatic carbocycles. The van der Waals surface area contributed by atoms with Gasteiger partial charge in [-0.25, -0.2) is 15.0 Å². The van der Waals surface area contributed by atoms with E-state index in [0.717, 1.165) is 4.43 Å². The standard InChI is InChI=1S/C10H12IN5O2/c11-2-5-1-6(17)10(18-5)16-4-15-7-8(12)13-3-14-9(7)16/h3-6,10,17H,1-2H2,(H2,12,13,14)/t5-,6+,10+/m0/s1. The maximum atomic E-state index is 10.0. The number of rotatable bonds is 2. The minimum Gasteiger partial charge on any atom is -0.388 e. The van der Waals surface area contributed by atoms with E-state index in [2.05, 4.69) is 37.5 Å². The number of aromatic nitrogens is 4. The molecule has 1 saturated heterocycles. The van der Waals surface area contributed by atoms with Crippen LogP contribution in [0.5, 0.6) is 0 Å². The van der Waals surface area contributed by atoms with Crippen molar-refractivity contribution in [2.45, 2.75) is 24.9 Å². The molecule has 3 atom stereocenters. The van der Waals surface area contributed by atoms with Crippen molar-refractivity contribution in [1.29, 1.82) is 0 Å². The van der Waals surface area contributed by atoms with Crippen molar-refractivity contribution in [2.24, 2.45) is 0 Å². The number of hydrogen-bond acceptors (Lipinski definition) is 6. The van der Waals surface area contributed by atoms with E-state index in [1.807, 2.05) is 0 Å². The number of hydrogen-bond donors (Lipinski definition) is 2. The van der Waals surface area contributed by atoms with Gasteiger partial charge in [-0.05, 0) is 0 Å². The summed E-state index contributed by atoms with van der Waals surface area (Å²) in [4.78, 5) is 12.2. The lowest BCUT2D eigenvalue weighted by Gasteiger charge is -2.16. The quantitative estimate of drug-likeness (QED) is 0.597. The number of aliphatic hydroxyl groups excluding tert-OH is 1. The van der Waals surface area contributed by atoms with Crippen LogP contribution in [0, 0.1) is 0 Å². The van der Waals surface area contributed by atoms with E-state index in [4.69, 9.17) is 10.5 Å². The molecular weight excluding hydrogens is 349 g/mol. The SMILES string of the molecule is Nc1ncnc2c1ncn2[C@@H]1O[C@H](CI)C[C@H]1O. The van der Waals surface area contributed by atoms with Gasteiger partial charge in [0.1, 0.15) is 17.9 Å². The molecule has 3 rings (SSSR count). The summed E-state index contributed by atoms with van der Waals surface area (Å²) in [7, 11) is 0. The van der Waals surface area contributed by atoms with Gasteiger partial charge in [0.15, 0.2) is 17.7 Å². The molecule has 2 aromatic heterocycles. The molecule has 0 aliphatic carbocycles. The zero-order valence-electron chi connectivity index (χ0n) is 9.40. The maximum Gasteiger partial charge on any atom is 0.167 e. The molecule has 0 spiro atoms. The molecule has 96 valence electrons. The Morgan fingerprint density at radius 1 is 1.50 bits per heavy atom. The van der Waals surface area contributed by atoms with E-state index in [9.17, 15) is 5.11 Å². The number of aliphatic hydroxyl groups is 1. The van der Waals surface area contributed by atoms with Crippen LogP contribution in [0.25, 0.3) is 11.2 Å². The minimum absolute atomic E-state index is 0.0576. The molecule has 1 aliphatic rings. The molecule has 3 N–H and O–H groups in total. The van der Waals surface area contributed by atoms with Gasteiger partial charge in [-0.15, -0.1) is 0 Å². The molecule has 1 fully saturated rings. The summed E-state index contributed by atoms with van der Waals surface area (Å²) in [5.41, 5.74) is 6.84. The van der Waals surface area contributed by atoms with E-state index in [-0.39, 0.29) is 6.10 Å². The van der Waals surface area contributed by atoms with Crippen LogP contribution in [-0.2, 0) is 4.74 Å². The molecular formula is C10H12IN5O2. The second-order valence-electron chi connectivity index (χ2n) is 4.19. The van der Waals surface area contributed by atoms with Gasteiger partial charge < -0.3 is 15.6 Å². The largest absolute Gasteiger partial charge is 0.388 e. The maximum absolute atomic E-state index is 10.0. The number of nitrogens with zero attached hydrogens (tertiary/aromatic N) is 4. The van der Waals surface area contributed by atoms with Crippen LogP contribution in [0.4, 0.5) is 5.82 Å². The van der Waals surface area contributed by atoms with E-state index in [0.29, 0.717) is 23.4 Å². The third-order valence-electron chi connectivity index (χ3n) is 3.00. The number of nitrogen functional groups attached to an aromatic ring is 1. The summed E-state index contributed by atoms with van der Waals surface area (Å²) in [5.74, 6) is 0.330. The molecule has 18 heavy (non-hydrogen) atoms. The Morgan fingerprint density at radius 2 is 2.33 bits per heavy atom. The molecule has 0 amide bonds. The number of imidazole rings is 1. The second-order valence-corrected chi connectivity index (χ2v) is 5.07. The lowest BCUT2D eigenvalue weighted by molar-refractivity contribution is -0.0278. The van der Waals surface area contributed by atoms with Gasteiger partial charge in [-0.2, -0.15) is 0 Å². The molecule has 0 saturated carbocycles. The molecule has 7 nitrogen and oxygen atoms in total. The highest BCUT2D eigenvalue weighted by molar-refractivity contribution is 14.1. The van der Waals surface area contributed by atoms with E-state index in [1.54, 1.807) is 10.9 Å². The Hall–Kier alpha value is -1.00. The third-order valence-corrected chi connectivity index (χ3v) is 3.98. The van der Waals surface area contributed by atoms with Crippen molar-refractivity contribution in [3.05, 3.63) is 12.7 Å². The van der Waals surface area contributed by atoms with Crippen molar-refractivity contribution in [2.75, 3.05) is 10.2 Å². The molecule has 1 aliphatic heterocycles.